The third kappa shape index (κ3) is 3.97. The second-order valence-corrected chi connectivity index (χ2v) is 8.31. The predicted octanol–water partition coefficient (Wildman–Crippen LogP) is 6.02. The number of anilines is 2. The monoisotopic (exact) mass is 466 g/mol. The van der Waals surface area contributed by atoms with Gasteiger partial charge >= 0.3 is 0 Å². The summed E-state index contributed by atoms with van der Waals surface area (Å²) in [5, 5.41) is 4.20. The fraction of sp³-hybridized carbons (Fsp3) is 0.120. The highest BCUT2D eigenvalue weighted by molar-refractivity contribution is 6.46. The molecule has 32 heavy (non-hydrogen) atoms. The van der Waals surface area contributed by atoms with Crippen LogP contribution in [0.15, 0.2) is 66.4 Å². The summed E-state index contributed by atoms with van der Waals surface area (Å²) in [7, 11) is 1.50. The van der Waals surface area contributed by atoms with Gasteiger partial charge < -0.3 is 10.1 Å². The molecule has 1 aliphatic heterocycles. The maximum absolute atomic E-state index is 13.6. The number of aryl methyl sites for hydroxylation is 2. The fourth-order valence-corrected chi connectivity index (χ4v) is 3.85. The molecule has 0 saturated heterocycles. The van der Waals surface area contributed by atoms with Crippen molar-refractivity contribution in [2.24, 2.45) is 0 Å². The van der Waals surface area contributed by atoms with E-state index >= 15 is 0 Å². The highest BCUT2D eigenvalue weighted by Crippen LogP contribution is 2.38. The first kappa shape index (κ1) is 21.9. The number of nitrogens with zero attached hydrogens (tertiary/aromatic N) is 1. The van der Waals surface area contributed by atoms with Gasteiger partial charge in [-0.3, -0.25) is 9.59 Å². The van der Waals surface area contributed by atoms with Gasteiger partial charge in [0.2, 0.25) is 0 Å². The van der Waals surface area contributed by atoms with Crippen LogP contribution < -0.4 is 15.0 Å². The van der Waals surface area contributed by atoms with Gasteiger partial charge in [-0.05, 0) is 66.9 Å². The molecule has 0 bridgehead atoms. The first-order chi connectivity index (χ1) is 15.3. The van der Waals surface area contributed by atoms with Gasteiger partial charge in [-0.1, -0.05) is 47.5 Å². The Morgan fingerprint density at radius 1 is 0.875 bits per heavy atom. The van der Waals surface area contributed by atoms with E-state index in [2.05, 4.69) is 5.32 Å². The van der Waals surface area contributed by atoms with Gasteiger partial charge in [0.05, 0.1) is 18.4 Å². The largest absolute Gasteiger partial charge is 0.495 e. The molecule has 0 aromatic heterocycles. The Morgan fingerprint density at radius 3 is 2.25 bits per heavy atom. The molecule has 0 spiro atoms. The van der Waals surface area contributed by atoms with Crippen LogP contribution in [0.2, 0.25) is 10.0 Å². The molecular formula is C25H20Cl2N2O3. The van der Waals surface area contributed by atoms with E-state index in [4.69, 9.17) is 27.9 Å². The highest BCUT2D eigenvalue weighted by atomic mass is 35.5. The van der Waals surface area contributed by atoms with Crippen LogP contribution in [0, 0.1) is 13.8 Å². The number of benzene rings is 3. The lowest BCUT2D eigenvalue weighted by Gasteiger charge is -2.19. The van der Waals surface area contributed by atoms with Crippen LogP contribution in [0.4, 0.5) is 11.4 Å². The van der Waals surface area contributed by atoms with Gasteiger partial charge in [0.25, 0.3) is 11.8 Å². The van der Waals surface area contributed by atoms with E-state index in [1.54, 1.807) is 48.5 Å². The van der Waals surface area contributed by atoms with Gasteiger partial charge in [0.1, 0.15) is 11.4 Å². The summed E-state index contributed by atoms with van der Waals surface area (Å²) in [4.78, 5) is 28.3. The fourth-order valence-electron chi connectivity index (χ4n) is 3.54. The van der Waals surface area contributed by atoms with E-state index < -0.39 is 11.8 Å². The topological polar surface area (TPSA) is 58.6 Å². The molecule has 0 aliphatic carbocycles. The molecule has 1 heterocycles. The minimum atomic E-state index is -0.486. The number of carbonyl (C=O) groups excluding carboxylic acids is 2. The van der Waals surface area contributed by atoms with Crippen molar-refractivity contribution in [3.8, 4) is 5.75 Å². The Balaban J connectivity index is 1.86. The normalized spacial score (nSPS) is 13.7. The molecule has 0 saturated carbocycles. The first-order valence-electron chi connectivity index (χ1n) is 9.87. The molecule has 7 heteroatoms. The number of hydrogen-bond donors (Lipinski definition) is 1. The zero-order valence-corrected chi connectivity index (χ0v) is 19.2. The van der Waals surface area contributed by atoms with Crippen LogP contribution in [0.5, 0.6) is 5.75 Å². The molecule has 0 atom stereocenters. The average Bonchev–Trinajstić information content (AvgIpc) is 3.00. The first-order valence-corrected chi connectivity index (χ1v) is 10.6. The maximum Gasteiger partial charge on any atom is 0.282 e. The molecule has 2 amide bonds. The van der Waals surface area contributed by atoms with Crippen molar-refractivity contribution < 1.29 is 14.3 Å². The van der Waals surface area contributed by atoms with Gasteiger partial charge in [0.15, 0.2) is 0 Å². The van der Waals surface area contributed by atoms with Crippen molar-refractivity contribution in [2.45, 2.75) is 13.8 Å². The molecule has 0 fully saturated rings. The number of halogens is 2. The van der Waals surface area contributed by atoms with Crippen LogP contribution >= 0.6 is 23.2 Å². The van der Waals surface area contributed by atoms with E-state index in [1.807, 2.05) is 26.0 Å². The van der Waals surface area contributed by atoms with Gasteiger partial charge in [0, 0.05) is 15.7 Å². The van der Waals surface area contributed by atoms with Crippen LogP contribution in [0.25, 0.3) is 5.57 Å². The van der Waals surface area contributed by atoms with Gasteiger partial charge in [-0.25, -0.2) is 4.90 Å². The summed E-state index contributed by atoms with van der Waals surface area (Å²) < 4.78 is 5.43. The summed E-state index contributed by atoms with van der Waals surface area (Å²) >= 11 is 12.3. The number of carbonyl (C=O) groups is 2. The van der Waals surface area contributed by atoms with Crippen LogP contribution in [0.3, 0.4) is 0 Å². The zero-order valence-electron chi connectivity index (χ0n) is 17.7. The Bertz CT molecular complexity index is 1270. The van der Waals surface area contributed by atoms with Crippen molar-refractivity contribution in [3.05, 3.63) is 93.1 Å². The Labute approximate surface area is 196 Å². The lowest BCUT2D eigenvalue weighted by Crippen LogP contribution is -2.32. The minimum Gasteiger partial charge on any atom is -0.495 e. The molecule has 1 N–H and O–H groups in total. The number of ether oxygens (including phenoxy) is 1. The molecule has 5 nitrogen and oxygen atoms in total. The predicted molar refractivity (Wildman–Crippen MR) is 128 cm³/mol. The third-order valence-corrected chi connectivity index (χ3v) is 5.89. The molecule has 162 valence electrons. The summed E-state index contributed by atoms with van der Waals surface area (Å²) in [6, 6.07) is 17.5. The van der Waals surface area contributed by atoms with Gasteiger partial charge in [-0.2, -0.15) is 0 Å². The minimum absolute atomic E-state index is 0.154. The quantitative estimate of drug-likeness (QED) is 0.467. The molecule has 3 aromatic carbocycles. The maximum atomic E-state index is 13.6. The van der Waals surface area contributed by atoms with Crippen molar-refractivity contribution in [1.29, 1.82) is 0 Å². The average molecular weight is 467 g/mol. The number of hydrogen-bond acceptors (Lipinski definition) is 4. The van der Waals surface area contributed by atoms with E-state index in [1.165, 1.54) is 7.11 Å². The van der Waals surface area contributed by atoms with E-state index in [0.717, 1.165) is 16.0 Å². The standard InChI is InChI=1S/C25H20Cl2N2O3/c1-14-4-11-21(32-3)20(12-14)29-24(30)22(16-6-8-17(26)9-7-16)23(25(29)31)28-18-10-5-15(2)19(27)13-18/h4-13,28H,1-3H3. The van der Waals surface area contributed by atoms with E-state index in [-0.39, 0.29) is 11.3 Å². The number of rotatable bonds is 5. The molecular weight excluding hydrogens is 447 g/mol. The van der Waals surface area contributed by atoms with E-state index in [9.17, 15) is 9.59 Å². The summed E-state index contributed by atoms with van der Waals surface area (Å²) in [6.07, 6.45) is 0. The van der Waals surface area contributed by atoms with Crippen LogP contribution in [0.1, 0.15) is 16.7 Å². The van der Waals surface area contributed by atoms with Crippen molar-refractivity contribution >= 4 is 52.0 Å². The molecule has 0 radical (unpaired) electrons. The summed E-state index contributed by atoms with van der Waals surface area (Å²) in [6.45, 7) is 3.77. The van der Waals surface area contributed by atoms with Gasteiger partial charge in [-0.15, -0.1) is 0 Å². The summed E-state index contributed by atoms with van der Waals surface area (Å²) in [5.41, 5.74) is 3.74. The molecule has 3 aromatic rings. The van der Waals surface area contributed by atoms with Crippen LogP contribution in [-0.2, 0) is 9.59 Å². The SMILES string of the molecule is COc1ccc(C)cc1N1C(=O)C(Nc2ccc(C)c(Cl)c2)=C(c2ccc(Cl)cc2)C1=O. The lowest BCUT2D eigenvalue weighted by atomic mass is 10.0. The Kier molecular flexibility index (Phi) is 5.96. The lowest BCUT2D eigenvalue weighted by molar-refractivity contribution is -0.120. The number of methoxy groups -OCH3 is 1. The molecule has 1 aliphatic rings. The zero-order chi connectivity index (χ0) is 23.0. The van der Waals surface area contributed by atoms with E-state index in [0.29, 0.717) is 32.7 Å². The van der Waals surface area contributed by atoms with Crippen molar-refractivity contribution in [3.63, 3.8) is 0 Å². The number of nitrogens with one attached hydrogen (secondary N) is 1. The second-order valence-electron chi connectivity index (χ2n) is 7.47. The number of imide groups is 1. The van der Waals surface area contributed by atoms with Crippen molar-refractivity contribution in [2.75, 3.05) is 17.3 Å². The third-order valence-electron chi connectivity index (χ3n) is 5.23. The Morgan fingerprint density at radius 2 is 1.59 bits per heavy atom. The summed E-state index contributed by atoms with van der Waals surface area (Å²) in [5.74, 6) is -0.519. The second kappa shape index (κ2) is 8.69. The molecule has 4 rings (SSSR count). The van der Waals surface area contributed by atoms with Crippen molar-refractivity contribution in [1.82, 2.24) is 0 Å². The molecule has 0 unspecified atom stereocenters. The Hall–Kier alpha value is -3.28. The number of amides is 2. The van der Waals surface area contributed by atoms with Crippen LogP contribution in [-0.4, -0.2) is 18.9 Å². The smallest absolute Gasteiger partial charge is 0.282 e. The highest BCUT2D eigenvalue weighted by Gasteiger charge is 2.41.